The third-order valence-corrected chi connectivity index (χ3v) is 3.11. The number of nitrogens with zero attached hydrogens (tertiary/aromatic N) is 5. The highest BCUT2D eigenvalue weighted by Crippen LogP contribution is 2.18. The number of carbonyl (C=O) groups is 2. The number of rotatable bonds is 4. The standard InChI is InChI=1S/C18H27N7O4/c1-11(21-15(26)28-17(2,3)4)12-22-13(23-16(27)29-18(5,6)7)24-25(12)14-19-9-8-10-20-14/h8-11H,1-7H3,(H,21,26)(H,23,24,27)/t11-/m0/s1. The maximum absolute atomic E-state index is 12.1. The van der Waals surface area contributed by atoms with Gasteiger partial charge in [-0.3, -0.25) is 5.32 Å². The zero-order valence-corrected chi connectivity index (χ0v) is 17.7. The van der Waals surface area contributed by atoms with Crippen molar-refractivity contribution in [2.75, 3.05) is 5.32 Å². The minimum absolute atomic E-state index is 0.0143. The molecule has 29 heavy (non-hydrogen) atoms. The number of hydrogen-bond donors (Lipinski definition) is 2. The van der Waals surface area contributed by atoms with Crippen LogP contribution in [0.1, 0.15) is 60.3 Å². The number of hydrogen-bond acceptors (Lipinski definition) is 8. The van der Waals surface area contributed by atoms with Gasteiger partial charge in [-0.05, 0) is 54.5 Å². The first-order valence-electron chi connectivity index (χ1n) is 9.08. The molecule has 2 N–H and O–H groups in total. The second-order valence-corrected chi connectivity index (χ2v) is 8.25. The molecule has 0 fully saturated rings. The Morgan fingerprint density at radius 2 is 1.55 bits per heavy atom. The van der Waals surface area contributed by atoms with Crippen LogP contribution < -0.4 is 10.6 Å². The lowest BCUT2D eigenvalue weighted by Gasteiger charge is -2.21. The van der Waals surface area contributed by atoms with Crippen molar-refractivity contribution in [2.24, 2.45) is 0 Å². The molecule has 2 aromatic heterocycles. The van der Waals surface area contributed by atoms with Crippen molar-refractivity contribution < 1.29 is 19.1 Å². The van der Waals surface area contributed by atoms with Crippen molar-refractivity contribution in [1.29, 1.82) is 0 Å². The first-order chi connectivity index (χ1) is 13.3. The highest BCUT2D eigenvalue weighted by Gasteiger charge is 2.25. The van der Waals surface area contributed by atoms with Gasteiger partial charge in [-0.25, -0.2) is 19.6 Å². The van der Waals surface area contributed by atoms with Crippen molar-refractivity contribution >= 4 is 18.1 Å². The summed E-state index contributed by atoms with van der Waals surface area (Å²) in [4.78, 5) is 36.7. The molecule has 0 bridgehead atoms. The summed E-state index contributed by atoms with van der Waals surface area (Å²) in [5.41, 5.74) is -1.33. The summed E-state index contributed by atoms with van der Waals surface area (Å²) in [6.45, 7) is 12.2. The van der Waals surface area contributed by atoms with E-state index < -0.39 is 29.4 Å². The molecule has 2 amide bonds. The van der Waals surface area contributed by atoms with Crippen LogP contribution in [0, 0.1) is 0 Å². The van der Waals surface area contributed by atoms with Crippen molar-refractivity contribution in [3.05, 3.63) is 24.3 Å². The van der Waals surface area contributed by atoms with E-state index in [4.69, 9.17) is 9.47 Å². The molecule has 0 spiro atoms. The van der Waals surface area contributed by atoms with Gasteiger partial charge in [-0.1, -0.05) is 0 Å². The van der Waals surface area contributed by atoms with Gasteiger partial charge in [0.15, 0.2) is 5.82 Å². The summed E-state index contributed by atoms with van der Waals surface area (Å²) >= 11 is 0. The largest absolute Gasteiger partial charge is 0.444 e. The van der Waals surface area contributed by atoms with E-state index >= 15 is 0 Å². The van der Waals surface area contributed by atoms with Crippen molar-refractivity contribution in [1.82, 2.24) is 30.0 Å². The summed E-state index contributed by atoms with van der Waals surface area (Å²) in [5.74, 6) is 0.512. The fourth-order valence-corrected chi connectivity index (χ4v) is 2.15. The fraction of sp³-hybridized carbons (Fsp3) is 0.556. The number of anilines is 1. The van der Waals surface area contributed by atoms with Crippen LogP contribution in [-0.2, 0) is 9.47 Å². The van der Waals surface area contributed by atoms with Gasteiger partial charge in [0, 0.05) is 12.4 Å². The third kappa shape index (κ3) is 7.01. The highest BCUT2D eigenvalue weighted by molar-refractivity contribution is 5.82. The minimum Gasteiger partial charge on any atom is -0.444 e. The Morgan fingerprint density at radius 3 is 2.10 bits per heavy atom. The van der Waals surface area contributed by atoms with Crippen molar-refractivity contribution in [2.45, 2.75) is 65.7 Å². The Labute approximate surface area is 169 Å². The number of ether oxygens (including phenoxy) is 2. The van der Waals surface area contributed by atoms with Crippen LogP contribution in [0.3, 0.4) is 0 Å². The summed E-state index contributed by atoms with van der Waals surface area (Å²) in [5, 5.41) is 9.39. The van der Waals surface area contributed by atoms with E-state index in [2.05, 4.69) is 30.7 Å². The predicted molar refractivity (Wildman–Crippen MR) is 105 cm³/mol. The SMILES string of the molecule is C[C@H](NC(=O)OC(C)(C)C)c1nc(NC(=O)OC(C)(C)C)nn1-c1ncccn1. The van der Waals surface area contributed by atoms with E-state index in [1.165, 1.54) is 4.68 Å². The lowest BCUT2D eigenvalue weighted by molar-refractivity contribution is 0.0504. The zero-order valence-electron chi connectivity index (χ0n) is 17.7. The zero-order chi connectivity index (χ0) is 21.8. The van der Waals surface area contributed by atoms with Crippen LogP contribution in [0.25, 0.3) is 5.95 Å². The van der Waals surface area contributed by atoms with Crippen LogP contribution in [0.5, 0.6) is 0 Å². The van der Waals surface area contributed by atoms with Crippen LogP contribution in [-0.4, -0.2) is 48.1 Å². The molecule has 158 valence electrons. The van der Waals surface area contributed by atoms with Gasteiger partial charge < -0.3 is 14.8 Å². The lowest BCUT2D eigenvalue weighted by Crippen LogP contribution is -2.35. The first-order valence-corrected chi connectivity index (χ1v) is 9.08. The third-order valence-electron chi connectivity index (χ3n) is 3.11. The predicted octanol–water partition coefficient (Wildman–Crippen LogP) is 2.99. The van der Waals surface area contributed by atoms with E-state index in [0.717, 1.165) is 0 Å². The van der Waals surface area contributed by atoms with E-state index in [1.54, 1.807) is 66.9 Å². The highest BCUT2D eigenvalue weighted by atomic mass is 16.6. The summed E-state index contributed by atoms with van der Waals surface area (Å²) in [7, 11) is 0. The van der Waals surface area contributed by atoms with Gasteiger partial charge in [-0.15, -0.1) is 5.10 Å². The number of nitrogens with one attached hydrogen (secondary N) is 2. The second kappa shape index (κ2) is 8.41. The Balaban J connectivity index is 2.28. The number of carbonyl (C=O) groups excluding carboxylic acids is 2. The Morgan fingerprint density at radius 1 is 1.00 bits per heavy atom. The fourth-order valence-electron chi connectivity index (χ4n) is 2.15. The monoisotopic (exact) mass is 405 g/mol. The van der Waals surface area contributed by atoms with Gasteiger partial charge in [0.2, 0.25) is 0 Å². The molecule has 0 saturated carbocycles. The van der Waals surface area contributed by atoms with Gasteiger partial charge in [0.1, 0.15) is 11.2 Å². The summed E-state index contributed by atoms with van der Waals surface area (Å²) in [6.07, 6.45) is 1.76. The van der Waals surface area contributed by atoms with Crippen LogP contribution in [0.2, 0.25) is 0 Å². The van der Waals surface area contributed by atoms with Gasteiger partial charge in [0.25, 0.3) is 11.9 Å². The normalized spacial score (nSPS) is 12.8. The topological polar surface area (TPSA) is 133 Å². The molecule has 2 heterocycles. The summed E-state index contributed by atoms with van der Waals surface area (Å²) in [6, 6.07) is 1.04. The van der Waals surface area contributed by atoms with E-state index in [1.807, 2.05) is 0 Å². The molecule has 2 aromatic rings. The van der Waals surface area contributed by atoms with Crippen molar-refractivity contribution in [3.8, 4) is 5.95 Å². The molecular weight excluding hydrogens is 378 g/mol. The molecule has 0 aliphatic rings. The lowest BCUT2D eigenvalue weighted by atomic mass is 10.2. The van der Waals surface area contributed by atoms with Crippen LogP contribution >= 0.6 is 0 Å². The molecule has 0 saturated heterocycles. The second-order valence-electron chi connectivity index (χ2n) is 8.25. The molecule has 11 heteroatoms. The molecular formula is C18H27N7O4. The van der Waals surface area contributed by atoms with Gasteiger partial charge in [-0.2, -0.15) is 9.67 Å². The number of aromatic nitrogens is 5. The first kappa shape index (κ1) is 22.1. The minimum atomic E-state index is -0.706. The molecule has 0 aliphatic carbocycles. The number of amides is 2. The summed E-state index contributed by atoms with van der Waals surface area (Å²) < 4.78 is 11.8. The van der Waals surface area contributed by atoms with Gasteiger partial charge >= 0.3 is 12.2 Å². The Kier molecular flexibility index (Phi) is 6.40. The number of alkyl carbamates (subject to hydrolysis) is 1. The van der Waals surface area contributed by atoms with E-state index in [0.29, 0.717) is 5.82 Å². The smallest absolute Gasteiger partial charge is 0.414 e. The van der Waals surface area contributed by atoms with Crippen LogP contribution in [0.15, 0.2) is 18.5 Å². The molecule has 0 aromatic carbocycles. The maximum Gasteiger partial charge on any atom is 0.414 e. The maximum atomic E-state index is 12.1. The van der Waals surface area contributed by atoms with E-state index in [9.17, 15) is 9.59 Å². The molecule has 2 rings (SSSR count). The van der Waals surface area contributed by atoms with Crippen LogP contribution in [0.4, 0.5) is 15.5 Å². The molecule has 0 radical (unpaired) electrons. The van der Waals surface area contributed by atoms with Gasteiger partial charge in [0.05, 0.1) is 6.04 Å². The Hall–Kier alpha value is -3.24. The average Bonchev–Trinajstić information content (AvgIpc) is 2.95. The molecule has 11 nitrogen and oxygen atoms in total. The molecule has 1 atom stereocenters. The average molecular weight is 405 g/mol. The molecule has 0 aliphatic heterocycles. The van der Waals surface area contributed by atoms with E-state index in [-0.39, 0.29) is 11.9 Å². The van der Waals surface area contributed by atoms with Crippen molar-refractivity contribution in [3.63, 3.8) is 0 Å². The molecule has 0 unspecified atom stereocenters. The Bertz CT molecular complexity index is 853. The quantitative estimate of drug-likeness (QED) is 0.793.